The normalized spacial score (nSPS) is 20.4. The summed E-state index contributed by atoms with van der Waals surface area (Å²) in [5.74, 6) is -0.534. The van der Waals surface area contributed by atoms with Gasteiger partial charge in [-0.15, -0.1) is 0 Å². The predicted octanol–water partition coefficient (Wildman–Crippen LogP) is 4.00. The van der Waals surface area contributed by atoms with Crippen LogP contribution < -0.4 is 0 Å². The molecule has 25 heavy (non-hydrogen) atoms. The van der Waals surface area contributed by atoms with Crippen molar-refractivity contribution in [2.24, 2.45) is 0 Å². The first-order valence-electron chi connectivity index (χ1n) is 8.48. The van der Waals surface area contributed by atoms with E-state index < -0.39 is 17.0 Å². The lowest BCUT2D eigenvalue weighted by atomic mass is 9.99. The number of amides is 1. The van der Waals surface area contributed by atoms with Gasteiger partial charge in [-0.2, -0.15) is 5.26 Å². The molecule has 5 nitrogen and oxygen atoms in total. The molecule has 0 radical (unpaired) electrons. The number of halogens is 1. The molecule has 0 aromatic heterocycles. The van der Waals surface area contributed by atoms with Crippen LogP contribution in [0.1, 0.15) is 51.7 Å². The van der Waals surface area contributed by atoms with E-state index in [0.29, 0.717) is 13.1 Å². The molecule has 1 saturated heterocycles. The van der Waals surface area contributed by atoms with Crippen LogP contribution in [0.3, 0.4) is 0 Å². The number of benzene rings is 1. The van der Waals surface area contributed by atoms with Gasteiger partial charge in [-0.25, -0.2) is 9.18 Å². The van der Waals surface area contributed by atoms with Crippen molar-refractivity contribution in [3.63, 3.8) is 0 Å². The second-order valence-corrected chi connectivity index (χ2v) is 7.40. The highest BCUT2D eigenvalue weighted by Gasteiger charge is 2.41. The van der Waals surface area contributed by atoms with Gasteiger partial charge in [0, 0.05) is 6.54 Å². The van der Waals surface area contributed by atoms with Crippen molar-refractivity contribution in [1.29, 1.82) is 5.26 Å². The van der Waals surface area contributed by atoms with E-state index in [1.165, 1.54) is 12.1 Å². The maximum atomic E-state index is 13.4. The van der Waals surface area contributed by atoms with E-state index in [-0.39, 0.29) is 18.3 Å². The SMILES string of the molecule is CCC1(OCc2ccc(F)c(C#N)c2)CCN(C(=O)OC(C)(C)C)C1. The van der Waals surface area contributed by atoms with Gasteiger partial charge in [-0.05, 0) is 51.3 Å². The molecule has 1 amide bonds. The zero-order chi connectivity index (χ0) is 18.7. The highest BCUT2D eigenvalue weighted by Crippen LogP contribution is 2.31. The summed E-state index contributed by atoms with van der Waals surface area (Å²) < 4.78 is 24.9. The highest BCUT2D eigenvalue weighted by molar-refractivity contribution is 5.68. The third-order valence-electron chi connectivity index (χ3n) is 4.31. The van der Waals surface area contributed by atoms with Crippen molar-refractivity contribution in [3.8, 4) is 6.07 Å². The molecule has 1 aliphatic rings. The van der Waals surface area contributed by atoms with Gasteiger partial charge in [0.05, 0.1) is 24.3 Å². The molecule has 1 atom stereocenters. The quantitative estimate of drug-likeness (QED) is 0.825. The van der Waals surface area contributed by atoms with E-state index in [2.05, 4.69) is 0 Å². The first kappa shape index (κ1) is 19.2. The molecule has 0 spiro atoms. The van der Waals surface area contributed by atoms with Crippen LogP contribution in [-0.4, -0.2) is 35.3 Å². The molecule has 0 bridgehead atoms. The molecule has 1 aromatic carbocycles. The summed E-state index contributed by atoms with van der Waals surface area (Å²) in [6.45, 7) is 8.85. The first-order valence-corrected chi connectivity index (χ1v) is 8.48. The van der Waals surface area contributed by atoms with Gasteiger partial charge in [0.15, 0.2) is 0 Å². The van der Waals surface area contributed by atoms with E-state index in [1.807, 2.05) is 33.8 Å². The fraction of sp³-hybridized carbons (Fsp3) is 0.579. The number of ether oxygens (including phenoxy) is 2. The van der Waals surface area contributed by atoms with Crippen LogP contribution >= 0.6 is 0 Å². The van der Waals surface area contributed by atoms with Gasteiger partial charge >= 0.3 is 6.09 Å². The Labute approximate surface area is 148 Å². The van der Waals surface area contributed by atoms with E-state index in [4.69, 9.17) is 14.7 Å². The molecule has 0 aliphatic carbocycles. The molecular weight excluding hydrogens is 323 g/mol. The molecule has 6 heteroatoms. The smallest absolute Gasteiger partial charge is 0.410 e. The fourth-order valence-corrected chi connectivity index (χ4v) is 2.82. The lowest BCUT2D eigenvalue weighted by Gasteiger charge is -2.29. The summed E-state index contributed by atoms with van der Waals surface area (Å²) in [5, 5.41) is 8.92. The summed E-state index contributed by atoms with van der Waals surface area (Å²) in [6.07, 6.45) is 1.13. The van der Waals surface area contributed by atoms with Crippen LogP contribution in [0.5, 0.6) is 0 Å². The second kappa shape index (κ2) is 7.40. The van der Waals surface area contributed by atoms with Gasteiger partial charge in [-0.3, -0.25) is 0 Å². The number of nitriles is 1. The number of hydrogen-bond donors (Lipinski definition) is 0. The largest absolute Gasteiger partial charge is 0.444 e. The monoisotopic (exact) mass is 348 g/mol. The summed E-state index contributed by atoms with van der Waals surface area (Å²) in [4.78, 5) is 13.9. The molecule has 1 unspecified atom stereocenters. The molecule has 2 rings (SSSR count). The summed E-state index contributed by atoms with van der Waals surface area (Å²) in [5.41, 5.74) is -0.232. The average molecular weight is 348 g/mol. The van der Waals surface area contributed by atoms with Crippen LogP contribution in [0.4, 0.5) is 9.18 Å². The van der Waals surface area contributed by atoms with Gasteiger partial charge in [0.2, 0.25) is 0 Å². The van der Waals surface area contributed by atoms with Gasteiger partial charge < -0.3 is 14.4 Å². The number of likely N-dealkylation sites (tertiary alicyclic amines) is 1. The maximum Gasteiger partial charge on any atom is 0.410 e. The molecule has 0 saturated carbocycles. The van der Waals surface area contributed by atoms with Crippen molar-refractivity contribution < 1.29 is 18.7 Å². The van der Waals surface area contributed by atoms with Crippen LogP contribution in [0.2, 0.25) is 0 Å². The van der Waals surface area contributed by atoms with Gasteiger partial charge in [0.1, 0.15) is 17.5 Å². The zero-order valence-electron chi connectivity index (χ0n) is 15.3. The lowest BCUT2D eigenvalue weighted by molar-refractivity contribution is -0.0528. The molecule has 1 aliphatic heterocycles. The second-order valence-electron chi connectivity index (χ2n) is 7.40. The third-order valence-corrected chi connectivity index (χ3v) is 4.31. The van der Waals surface area contributed by atoms with Crippen LogP contribution in [0, 0.1) is 17.1 Å². The van der Waals surface area contributed by atoms with Crippen molar-refractivity contribution in [1.82, 2.24) is 4.90 Å². The standard InChI is InChI=1S/C19H25FN2O3/c1-5-19(8-9-22(13-19)17(23)25-18(2,3)4)24-12-14-6-7-16(20)15(10-14)11-21/h6-7,10H,5,8-9,12-13H2,1-4H3. The van der Waals surface area contributed by atoms with Gasteiger partial charge in [0.25, 0.3) is 0 Å². The number of hydrogen-bond acceptors (Lipinski definition) is 4. The molecule has 136 valence electrons. The summed E-state index contributed by atoms with van der Waals surface area (Å²) in [6, 6.07) is 6.22. The van der Waals surface area contributed by atoms with E-state index in [9.17, 15) is 9.18 Å². The van der Waals surface area contributed by atoms with Crippen LogP contribution in [0.15, 0.2) is 18.2 Å². The molecular formula is C19H25FN2O3. The minimum Gasteiger partial charge on any atom is -0.444 e. The topological polar surface area (TPSA) is 62.6 Å². The molecule has 0 N–H and O–H groups in total. The molecule has 1 aromatic rings. The Bertz CT molecular complexity index is 678. The molecule has 1 fully saturated rings. The zero-order valence-corrected chi connectivity index (χ0v) is 15.3. The molecule has 1 heterocycles. The number of nitrogens with zero attached hydrogens (tertiary/aromatic N) is 2. The number of rotatable bonds is 4. The Morgan fingerprint density at radius 2 is 2.16 bits per heavy atom. The number of carbonyl (C=O) groups excluding carboxylic acids is 1. The van der Waals surface area contributed by atoms with Crippen molar-refractivity contribution in [3.05, 3.63) is 35.1 Å². The summed E-state index contributed by atoms with van der Waals surface area (Å²) in [7, 11) is 0. The van der Waals surface area contributed by atoms with Crippen molar-refractivity contribution >= 4 is 6.09 Å². The van der Waals surface area contributed by atoms with Gasteiger partial charge in [-0.1, -0.05) is 13.0 Å². The first-order chi connectivity index (χ1) is 11.7. The summed E-state index contributed by atoms with van der Waals surface area (Å²) >= 11 is 0. The Kier molecular flexibility index (Phi) is 5.69. The average Bonchev–Trinajstić information content (AvgIpc) is 2.98. The predicted molar refractivity (Wildman–Crippen MR) is 91.4 cm³/mol. The highest BCUT2D eigenvalue weighted by atomic mass is 19.1. The van der Waals surface area contributed by atoms with Crippen LogP contribution in [0.25, 0.3) is 0 Å². The third kappa shape index (κ3) is 4.93. The van der Waals surface area contributed by atoms with Crippen molar-refractivity contribution in [2.75, 3.05) is 13.1 Å². The van der Waals surface area contributed by atoms with Crippen LogP contribution in [-0.2, 0) is 16.1 Å². The Balaban J connectivity index is 2.00. The van der Waals surface area contributed by atoms with Crippen molar-refractivity contribution in [2.45, 2.75) is 58.3 Å². The Morgan fingerprint density at radius 1 is 1.44 bits per heavy atom. The minimum absolute atomic E-state index is 0.00783. The maximum absolute atomic E-state index is 13.4. The minimum atomic E-state index is -0.534. The Hall–Kier alpha value is -2.13. The van der Waals surface area contributed by atoms with E-state index in [1.54, 1.807) is 11.0 Å². The lowest BCUT2D eigenvalue weighted by Crippen LogP contribution is -2.40. The van der Waals surface area contributed by atoms with E-state index in [0.717, 1.165) is 18.4 Å². The van der Waals surface area contributed by atoms with E-state index >= 15 is 0 Å². The fourth-order valence-electron chi connectivity index (χ4n) is 2.82. The Morgan fingerprint density at radius 3 is 2.76 bits per heavy atom. The number of carbonyl (C=O) groups is 1.